The molecule has 0 unspecified atom stereocenters. The maximum Gasteiger partial charge on any atom is 0.236 e. The largest absolute Gasteiger partial charge is 0.336 e. The topological polar surface area (TPSA) is 51.0 Å². The quantitative estimate of drug-likeness (QED) is 0.681. The summed E-state index contributed by atoms with van der Waals surface area (Å²) in [5, 5.41) is 9.09. The van der Waals surface area contributed by atoms with Crippen LogP contribution in [0.2, 0.25) is 0 Å². The van der Waals surface area contributed by atoms with Crippen molar-refractivity contribution in [3.8, 4) is 11.4 Å². The van der Waals surface area contributed by atoms with Crippen LogP contribution in [0.25, 0.3) is 11.4 Å². The van der Waals surface area contributed by atoms with Gasteiger partial charge in [0.25, 0.3) is 0 Å². The van der Waals surface area contributed by atoms with Gasteiger partial charge in [-0.25, -0.2) is 4.39 Å². The first kappa shape index (κ1) is 19.4. The van der Waals surface area contributed by atoms with Crippen LogP contribution in [0, 0.1) is 5.82 Å². The average molecular weight is 403 g/mol. The van der Waals surface area contributed by atoms with Crippen molar-refractivity contribution in [2.75, 3.05) is 0 Å². The highest BCUT2D eigenvalue weighted by Gasteiger charge is 2.35. The second-order valence-electron chi connectivity index (χ2n) is 8.02. The van der Waals surface area contributed by atoms with Gasteiger partial charge in [0.1, 0.15) is 5.82 Å². The zero-order chi connectivity index (χ0) is 19.8. The summed E-state index contributed by atoms with van der Waals surface area (Å²) in [6.07, 6.45) is 5.37. The van der Waals surface area contributed by atoms with Gasteiger partial charge in [0.05, 0.1) is 10.8 Å². The lowest BCUT2D eigenvalue weighted by Crippen LogP contribution is -2.50. The van der Waals surface area contributed by atoms with E-state index in [4.69, 9.17) is 0 Å². The summed E-state index contributed by atoms with van der Waals surface area (Å²) in [6.45, 7) is 6.21. The van der Waals surface area contributed by atoms with Crippen LogP contribution in [-0.4, -0.2) is 42.9 Å². The minimum atomic E-state index is -0.298. The van der Waals surface area contributed by atoms with Crippen molar-refractivity contribution in [3.63, 3.8) is 0 Å². The fraction of sp³-hybridized carbons (Fsp3) is 0.571. The molecule has 5 nitrogen and oxygen atoms in total. The van der Waals surface area contributed by atoms with Crippen molar-refractivity contribution >= 4 is 17.7 Å². The van der Waals surface area contributed by atoms with Crippen LogP contribution in [0.15, 0.2) is 29.4 Å². The number of likely N-dealkylation sites (tertiary alicyclic amines) is 1. The molecule has 1 saturated heterocycles. The molecule has 2 heterocycles. The Kier molecular flexibility index (Phi) is 5.45. The normalized spacial score (nSPS) is 23.6. The number of rotatable bonds is 5. The van der Waals surface area contributed by atoms with E-state index >= 15 is 0 Å². The maximum absolute atomic E-state index is 14.3. The first-order valence-corrected chi connectivity index (χ1v) is 11.0. The van der Waals surface area contributed by atoms with Crippen LogP contribution >= 0.6 is 11.8 Å². The van der Waals surface area contributed by atoms with Crippen molar-refractivity contribution in [1.82, 2.24) is 19.7 Å². The van der Waals surface area contributed by atoms with E-state index in [0.29, 0.717) is 22.6 Å². The van der Waals surface area contributed by atoms with Crippen molar-refractivity contribution < 1.29 is 9.18 Å². The van der Waals surface area contributed by atoms with Crippen LogP contribution in [0.5, 0.6) is 0 Å². The molecule has 1 aromatic heterocycles. The van der Waals surface area contributed by atoms with Crippen molar-refractivity contribution in [3.05, 3.63) is 30.1 Å². The lowest BCUT2D eigenvalue weighted by molar-refractivity contribution is -0.136. The number of nitrogens with zero attached hydrogens (tertiary/aromatic N) is 4. The molecule has 2 aromatic rings. The highest BCUT2D eigenvalue weighted by atomic mass is 32.2. The van der Waals surface area contributed by atoms with Gasteiger partial charge in [0, 0.05) is 18.1 Å². The number of thioether (sulfide) groups is 1. The molecule has 1 aromatic carbocycles. The van der Waals surface area contributed by atoms with Gasteiger partial charge in [-0.15, -0.1) is 10.2 Å². The van der Waals surface area contributed by atoms with Gasteiger partial charge in [-0.3, -0.25) is 9.36 Å². The number of piperidine rings is 1. The predicted octanol–water partition coefficient (Wildman–Crippen LogP) is 4.69. The van der Waals surface area contributed by atoms with E-state index in [1.807, 2.05) is 22.5 Å². The van der Waals surface area contributed by atoms with Gasteiger partial charge < -0.3 is 4.90 Å². The Bertz CT molecular complexity index is 856. The van der Waals surface area contributed by atoms with Gasteiger partial charge in [0.2, 0.25) is 5.91 Å². The molecule has 1 amide bonds. The average Bonchev–Trinajstić information content (AvgIpc) is 3.42. The summed E-state index contributed by atoms with van der Waals surface area (Å²) in [7, 11) is 0. The standard InChI is InChI=1S/C21H27FN4OS/c1-13-7-6-8-14(2)25(13)20(27)15(3)28-21-24-23-19(26(21)16-11-12-16)17-9-4-5-10-18(17)22/h4-5,9-10,13-16H,6-8,11-12H2,1-3H3/t13-,14-,15+/m0/s1. The first-order chi connectivity index (χ1) is 13.5. The van der Waals surface area contributed by atoms with Gasteiger partial charge in [-0.2, -0.15) is 0 Å². The number of benzene rings is 1. The Morgan fingerprint density at radius 3 is 2.46 bits per heavy atom. The molecule has 150 valence electrons. The summed E-state index contributed by atoms with van der Waals surface area (Å²) < 4.78 is 16.3. The number of aromatic nitrogens is 3. The SMILES string of the molecule is C[C@@H](Sc1nnc(-c2ccccc2F)n1C1CC1)C(=O)N1[C@@H](C)CCC[C@@H]1C. The Balaban J connectivity index is 1.58. The summed E-state index contributed by atoms with van der Waals surface area (Å²) in [4.78, 5) is 15.2. The molecule has 2 aliphatic rings. The van der Waals surface area contributed by atoms with E-state index in [9.17, 15) is 9.18 Å². The third-order valence-electron chi connectivity index (χ3n) is 5.77. The molecule has 1 aliphatic heterocycles. The van der Waals surface area contributed by atoms with Crippen LogP contribution in [0.3, 0.4) is 0 Å². The van der Waals surface area contributed by atoms with Crippen LogP contribution in [0.4, 0.5) is 4.39 Å². The first-order valence-electron chi connectivity index (χ1n) is 10.2. The number of carbonyl (C=O) groups excluding carboxylic acids is 1. The molecular formula is C21H27FN4OS. The molecule has 3 atom stereocenters. The zero-order valence-corrected chi connectivity index (χ0v) is 17.5. The van der Waals surface area contributed by atoms with E-state index in [1.54, 1.807) is 12.1 Å². The Labute approximate surface area is 169 Å². The molecule has 1 aliphatic carbocycles. The van der Waals surface area contributed by atoms with Gasteiger partial charge >= 0.3 is 0 Å². The van der Waals surface area contributed by atoms with Gasteiger partial charge in [0.15, 0.2) is 11.0 Å². The second kappa shape index (κ2) is 7.85. The third-order valence-corrected chi connectivity index (χ3v) is 6.81. The van der Waals surface area contributed by atoms with Crippen LogP contribution in [-0.2, 0) is 4.79 Å². The molecule has 7 heteroatoms. The fourth-order valence-corrected chi connectivity index (χ4v) is 5.10. The summed E-state index contributed by atoms with van der Waals surface area (Å²) in [5.74, 6) is 0.415. The molecule has 1 saturated carbocycles. The molecule has 0 spiro atoms. The summed E-state index contributed by atoms with van der Waals surface area (Å²) in [6, 6.07) is 7.50. The van der Waals surface area contributed by atoms with Crippen LogP contribution in [0.1, 0.15) is 58.9 Å². The third kappa shape index (κ3) is 3.69. The number of halogens is 1. The minimum Gasteiger partial charge on any atom is -0.336 e. The Hall–Kier alpha value is -1.89. The van der Waals surface area contributed by atoms with E-state index in [0.717, 1.165) is 25.7 Å². The van der Waals surface area contributed by atoms with Crippen molar-refractivity contribution in [2.24, 2.45) is 0 Å². The van der Waals surface area contributed by atoms with Gasteiger partial charge in [-0.1, -0.05) is 23.9 Å². The Morgan fingerprint density at radius 2 is 1.82 bits per heavy atom. The second-order valence-corrected chi connectivity index (χ2v) is 9.33. The molecule has 0 bridgehead atoms. The van der Waals surface area contributed by atoms with Crippen molar-refractivity contribution in [1.29, 1.82) is 0 Å². The molecule has 0 N–H and O–H groups in total. The fourth-order valence-electron chi connectivity index (χ4n) is 4.12. The smallest absolute Gasteiger partial charge is 0.236 e. The number of amides is 1. The van der Waals surface area contributed by atoms with Crippen molar-refractivity contribution in [2.45, 2.75) is 81.4 Å². The summed E-state index contributed by atoms with van der Waals surface area (Å²) in [5.41, 5.74) is 0.464. The van der Waals surface area contributed by atoms with E-state index in [2.05, 4.69) is 24.0 Å². The highest BCUT2D eigenvalue weighted by molar-refractivity contribution is 8.00. The number of hydrogen-bond acceptors (Lipinski definition) is 4. The minimum absolute atomic E-state index is 0.155. The molecular weight excluding hydrogens is 375 g/mol. The van der Waals surface area contributed by atoms with Gasteiger partial charge in [-0.05, 0) is 65.0 Å². The zero-order valence-electron chi connectivity index (χ0n) is 16.6. The molecule has 0 radical (unpaired) electrons. The predicted molar refractivity (Wildman–Crippen MR) is 109 cm³/mol. The number of carbonyl (C=O) groups is 1. The molecule has 28 heavy (non-hydrogen) atoms. The molecule has 2 fully saturated rings. The van der Waals surface area contributed by atoms with E-state index in [-0.39, 0.29) is 29.1 Å². The summed E-state index contributed by atoms with van der Waals surface area (Å²) >= 11 is 1.44. The molecule has 4 rings (SSSR count). The van der Waals surface area contributed by atoms with Crippen LogP contribution < -0.4 is 0 Å². The van der Waals surface area contributed by atoms with E-state index < -0.39 is 0 Å². The maximum atomic E-state index is 14.3. The number of hydrogen-bond donors (Lipinski definition) is 0. The highest BCUT2D eigenvalue weighted by Crippen LogP contribution is 2.42. The Morgan fingerprint density at radius 1 is 1.14 bits per heavy atom. The lowest BCUT2D eigenvalue weighted by Gasteiger charge is -2.40. The van der Waals surface area contributed by atoms with E-state index in [1.165, 1.54) is 24.2 Å². The lowest BCUT2D eigenvalue weighted by atomic mass is 9.97. The monoisotopic (exact) mass is 402 g/mol.